The van der Waals surface area contributed by atoms with E-state index in [0.717, 1.165) is 58.3 Å². The lowest BCUT2D eigenvalue weighted by Gasteiger charge is -2.26. The SMILES string of the molecule is CN=C(NCCCOCCOCc1ccccc1)NCCN1CCOCC1. The Balaban J connectivity index is 1.38. The summed E-state index contributed by atoms with van der Waals surface area (Å²) in [6, 6.07) is 10.2. The maximum Gasteiger partial charge on any atom is 0.191 e. The summed E-state index contributed by atoms with van der Waals surface area (Å²) in [6.45, 7) is 9.03. The van der Waals surface area contributed by atoms with Gasteiger partial charge in [-0.3, -0.25) is 9.89 Å². The maximum absolute atomic E-state index is 5.60. The molecule has 1 fully saturated rings. The highest BCUT2D eigenvalue weighted by atomic mass is 16.5. The van der Waals surface area contributed by atoms with Crippen LogP contribution < -0.4 is 10.6 Å². The van der Waals surface area contributed by atoms with Crippen LogP contribution in [-0.4, -0.2) is 83.7 Å². The molecule has 27 heavy (non-hydrogen) atoms. The number of hydrogen-bond acceptors (Lipinski definition) is 5. The molecule has 7 nitrogen and oxygen atoms in total. The van der Waals surface area contributed by atoms with Crippen LogP contribution in [0.25, 0.3) is 0 Å². The van der Waals surface area contributed by atoms with Crippen molar-refractivity contribution in [2.24, 2.45) is 4.99 Å². The largest absolute Gasteiger partial charge is 0.379 e. The molecule has 0 aromatic heterocycles. The molecular weight excluding hydrogens is 344 g/mol. The van der Waals surface area contributed by atoms with Gasteiger partial charge in [-0.05, 0) is 12.0 Å². The Bertz CT molecular complexity index is 507. The van der Waals surface area contributed by atoms with Gasteiger partial charge in [0.2, 0.25) is 0 Å². The lowest BCUT2D eigenvalue weighted by molar-refractivity contribution is 0.0388. The number of nitrogens with zero attached hydrogens (tertiary/aromatic N) is 2. The molecule has 1 saturated heterocycles. The number of benzene rings is 1. The Morgan fingerprint density at radius 2 is 1.78 bits per heavy atom. The summed E-state index contributed by atoms with van der Waals surface area (Å²) in [7, 11) is 1.80. The van der Waals surface area contributed by atoms with Crippen LogP contribution in [-0.2, 0) is 20.8 Å². The van der Waals surface area contributed by atoms with E-state index in [1.807, 2.05) is 18.2 Å². The zero-order chi connectivity index (χ0) is 19.0. The van der Waals surface area contributed by atoms with Crippen LogP contribution in [0.5, 0.6) is 0 Å². The quantitative estimate of drug-likeness (QED) is 0.323. The van der Waals surface area contributed by atoms with Gasteiger partial charge >= 0.3 is 0 Å². The smallest absolute Gasteiger partial charge is 0.191 e. The number of nitrogens with one attached hydrogen (secondary N) is 2. The van der Waals surface area contributed by atoms with Crippen LogP contribution in [0.15, 0.2) is 35.3 Å². The minimum absolute atomic E-state index is 0.618. The molecule has 0 saturated carbocycles. The summed E-state index contributed by atoms with van der Waals surface area (Å²) in [5, 5.41) is 6.66. The van der Waals surface area contributed by atoms with Crippen LogP contribution in [0, 0.1) is 0 Å². The first-order chi connectivity index (χ1) is 13.4. The molecule has 1 aliphatic heterocycles. The molecule has 152 valence electrons. The highest BCUT2D eigenvalue weighted by Crippen LogP contribution is 2.00. The molecule has 2 rings (SSSR count). The normalized spacial score (nSPS) is 15.7. The van der Waals surface area contributed by atoms with Gasteiger partial charge in [-0.2, -0.15) is 0 Å². The second-order valence-electron chi connectivity index (χ2n) is 6.38. The zero-order valence-corrected chi connectivity index (χ0v) is 16.5. The highest BCUT2D eigenvalue weighted by Gasteiger charge is 2.09. The van der Waals surface area contributed by atoms with Gasteiger partial charge < -0.3 is 24.8 Å². The molecule has 1 aliphatic rings. The highest BCUT2D eigenvalue weighted by molar-refractivity contribution is 5.79. The van der Waals surface area contributed by atoms with Crippen molar-refractivity contribution in [2.45, 2.75) is 13.0 Å². The summed E-state index contributed by atoms with van der Waals surface area (Å²) >= 11 is 0. The number of guanidine groups is 1. The minimum atomic E-state index is 0.618. The van der Waals surface area contributed by atoms with Crippen LogP contribution in [0.4, 0.5) is 0 Å². The molecule has 0 spiro atoms. The number of rotatable bonds is 12. The summed E-state index contributed by atoms with van der Waals surface area (Å²) in [4.78, 5) is 6.65. The summed E-state index contributed by atoms with van der Waals surface area (Å²) < 4.78 is 16.6. The predicted octanol–water partition coefficient (Wildman–Crippen LogP) is 1.11. The second kappa shape index (κ2) is 14.4. The number of morpholine rings is 1. The van der Waals surface area contributed by atoms with E-state index in [0.29, 0.717) is 26.4 Å². The van der Waals surface area contributed by atoms with Crippen LogP contribution >= 0.6 is 0 Å². The molecule has 2 N–H and O–H groups in total. The first kappa shape index (κ1) is 21.6. The Labute approximate surface area is 163 Å². The maximum atomic E-state index is 5.60. The van der Waals surface area contributed by atoms with Gasteiger partial charge in [0, 0.05) is 46.4 Å². The third-order valence-corrected chi connectivity index (χ3v) is 4.29. The molecular formula is C20H34N4O3. The Kier molecular flexibility index (Phi) is 11.5. The van der Waals surface area contributed by atoms with Crippen molar-refractivity contribution in [2.75, 3.05) is 72.8 Å². The summed E-state index contributed by atoms with van der Waals surface area (Å²) in [5.74, 6) is 0.842. The van der Waals surface area contributed by atoms with Gasteiger partial charge in [-0.1, -0.05) is 30.3 Å². The number of hydrogen-bond donors (Lipinski definition) is 2. The average Bonchev–Trinajstić information content (AvgIpc) is 2.72. The zero-order valence-electron chi connectivity index (χ0n) is 16.5. The van der Waals surface area contributed by atoms with Crippen LogP contribution in [0.3, 0.4) is 0 Å². The molecule has 1 aromatic rings. The first-order valence-electron chi connectivity index (χ1n) is 9.82. The lowest BCUT2D eigenvalue weighted by atomic mass is 10.2. The fourth-order valence-electron chi connectivity index (χ4n) is 2.74. The van der Waals surface area contributed by atoms with Gasteiger partial charge in [-0.25, -0.2) is 0 Å². The van der Waals surface area contributed by atoms with Gasteiger partial charge in [-0.15, -0.1) is 0 Å². The Morgan fingerprint density at radius 1 is 1.04 bits per heavy atom. The molecule has 0 radical (unpaired) electrons. The van der Waals surface area contributed by atoms with Crippen molar-refractivity contribution >= 4 is 5.96 Å². The third-order valence-electron chi connectivity index (χ3n) is 4.29. The lowest BCUT2D eigenvalue weighted by Crippen LogP contribution is -2.44. The predicted molar refractivity (Wildman–Crippen MR) is 108 cm³/mol. The minimum Gasteiger partial charge on any atom is -0.379 e. The number of aliphatic imine (C=N–C) groups is 1. The van der Waals surface area contributed by atoms with Crippen molar-refractivity contribution in [1.82, 2.24) is 15.5 Å². The fraction of sp³-hybridized carbons (Fsp3) is 0.650. The van der Waals surface area contributed by atoms with Crippen molar-refractivity contribution < 1.29 is 14.2 Å². The summed E-state index contributed by atoms with van der Waals surface area (Å²) in [5.41, 5.74) is 1.19. The molecule has 7 heteroatoms. The molecule has 0 amide bonds. The van der Waals surface area contributed by atoms with Crippen molar-refractivity contribution in [1.29, 1.82) is 0 Å². The average molecular weight is 379 g/mol. The Morgan fingerprint density at radius 3 is 2.56 bits per heavy atom. The van der Waals surface area contributed by atoms with E-state index >= 15 is 0 Å². The molecule has 0 bridgehead atoms. The standard InChI is InChI=1S/C20H34N4O3/c1-21-20(23-9-10-24-11-14-26-15-12-24)22-8-5-13-25-16-17-27-18-19-6-3-2-4-7-19/h2-4,6-7H,5,8-18H2,1H3,(H2,21,22,23). The fourth-order valence-corrected chi connectivity index (χ4v) is 2.74. The molecule has 1 heterocycles. The first-order valence-corrected chi connectivity index (χ1v) is 9.82. The molecule has 0 unspecified atom stereocenters. The van der Waals surface area contributed by atoms with Crippen molar-refractivity contribution in [3.63, 3.8) is 0 Å². The van der Waals surface area contributed by atoms with Gasteiger partial charge in [0.1, 0.15) is 0 Å². The van der Waals surface area contributed by atoms with E-state index in [4.69, 9.17) is 14.2 Å². The Hall–Kier alpha value is -1.67. The van der Waals surface area contributed by atoms with E-state index in [2.05, 4.69) is 32.7 Å². The molecule has 0 atom stereocenters. The summed E-state index contributed by atoms with van der Waals surface area (Å²) in [6.07, 6.45) is 0.933. The van der Waals surface area contributed by atoms with Crippen LogP contribution in [0.1, 0.15) is 12.0 Å². The van der Waals surface area contributed by atoms with E-state index < -0.39 is 0 Å². The van der Waals surface area contributed by atoms with Crippen molar-refractivity contribution in [3.8, 4) is 0 Å². The van der Waals surface area contributed by atoms with E-state index in [9.17, 15) is 0 Å². The second-order valence-corrected chi connectivity index (χ2v) is 6.38. The van der Waals surface area contributed by atoms with Gasteiger partial charge in [0.25, 0.3) is 0 Å². The van der Waals surface area contributed by atoms with E-state index in [1.165, 1.54) is 5.56 Å². The van der Waals surface area contributed by atoms with Crippen LogP contribution in [0.2, 0.25) is 0 Å². The van der Waals surface area contributed by atoms with Gasteiger partial charge in [0.05, 0.1) is 33.0 Å². The topological polar surface area (TPSA) is 67.4 Å². The van der Waals surface area contributed by atoms with E-state index in [1.54, 1.807) is 7.05 Å². The monoisotopic (exact) mass is 378 g/mol. The van der Waals surface area contributed by atoms with Crippen molar-refractivity contribution in [3.05, 3.63) is 35.9 Å². The van der Waals surface area contributed by atoms with Gasteiger partial charge in [0.15, 0.2) is 5.96 Å². The number of ether oxygens (including phenoxy) is 3. The van der Waals surface area contributed by atoms with E-state index in [-0.39, 0.29) is 0 Å². The molecule has 0 aliphatic carbocycles. The molecule has 1 aromatic carbocycles. The third kappa shape index (κ3) is 10.3.